The van der Waals surface area contributed by atoms with E-state index in [9.17, 15) is 9.59 Å². The van der Waals surface area contributed by atoms with Gasteiger partial charge in [0, 0.05) is 13.6 Å². The lowest BCUT2D eigenvalue weighted by Crippen LogP contribution is -2.42. The van der Waals surface area contributed by atoms with E-state index in [-0.39, 0.29) is 18.9 Å². The number of carbonyl (C=O) groups excluding carboxylic acids is 1. The van der Waals surface area contributed by atoms with Crippen LogP contribution in [0.25, 0.3) is 0 Å². The SMILES string of the molecule is CCC[C@H](N)C(=O)N(C)CCC(=O)O. The molecule has 0 fully saturated rings. The van der Waals surface area contributed by atoms with E-state index < -0.39 is 12.0 Å². The molecule has 5 heteroatoms. The molecule has 0 bridgehead atoms. The Morgan fingerprint density at radius 3 is 2.50 bits per heavy atom. The number of hydrogen-bond donors (Lipinski definition) is 2. The van der Waals surface area contributed by atoms with Gasteiger partial charge in [-0.25, -0.2) is 0 Å². The van der Waals surface area contributed by atoms with Crippen molar-refractivity contribution in [1.82, 2.24) is 4.90 Å². The van der Waals surface area contributed by atoms with Crippen LogP contribution in [0.5, 0.6) is 0 Å². The van der Waals surface area contributed by atoms with Crippen LogP contribution in [0, 0.1) is 0 Å². The third-order valence-electron chi connectivity index (χ3n) is 1.95. The highest BCUT2D eigenvalue weighted by atomic mass is 16.4. The Labute approximate surface area is 83.9 Å². The maximum absolute atomic E-state index is 11.5. The zero-order chi connectivity index (χ0) is 11.1. The standard InChI is InChI=1S/C9H18N2O3/c1-3-4-7(10)9(14)11(2)6-5-8(12)13/h7H,3-6,10H2,1-2H3,(H,12,13)/t7-/m0/s1. The average molecular weight is 202 g/mol. The highest BCUT2D eigenvalue weighted by molar-refractivity contribution is 5.81. The predicted octanol–water partition coefficient (Wildman–Crippen LogP) is 0.0469. The molecule has 0 heterocycles. The summed E-state index contributed by atoms with van der Waals surface area (Å²) in [7, 11) is 1.57. The minimum atomic E-state index is -0.909. The van der Waals surface area contributed by atoms with Crippen molar-refractivity contribution in [3.05, 3.63) is 0 Å². The second kappa shape index (κ2) is 6.37. The fourth-order valence-electron chi connectivity index (χ4n) is 1.09. The van der Waals surface area contributed by atoms with Crippen LogP contribution in [-0.4, -0.2) is 41.5 Å². The molecule has 14 heavy (non-hydrogen) atoms. The van der Waals surface area contributed by atoms with Gasteiger partial charge >= 0.3 is 5.97 Å². The molecule has 3 N–H and O–H groups in total. The molecule has 0 saturated carbocycles. The summed E-state index contributed by atoms with van der Waals surface area (Å²) in [6.45, 7) is 2.16. The number of rotatable bonds is 6. The fraction of sp³-hybridized carbons (Fsp3) is 0.778. The maximum Gasteiger partial charge on any atom is 0.305 e. The van der Waals surface area contributed by atoms with E-state index in [2.05, 4.69) is 0 Å². The number of carboxylic acid groups (broad SMARTS) is 1. The van der Waals surface area contributed by atoms with Gasteiger partial charge in [-0.3, -0.25) is 9.59 Å². The van der Waals surface area contributed by atoms with Crippen LogP contribution in [0.2, 0.25) is 0 Å². The molecule has 1 atom stereocenters. The van der Waals surface area contributed by atoms with E-state index in [1.165, 1.54) is 4.90 Å². The first-order valence-corrected chi connectivity index (χ1v) is 4.71. The van der Waals surface area contributed by atoms with Crippen molar-refractivity contribution in [3.63, 3.8) is 0 Å². The van der Waals surface area contributed by atoms with Gasteiger partial charge in [-0.2, -0.15) is 0 Å². The van der Waals surface area contributed by atoms with Crippen molar-refractivity contribution >= 4 is 11.9 Å². The number of nitrogens with zero attached hydrogens (tertiary/aromatic N) is 1. The molecule has 0 rings (SSSR count). The summed E-state index contributed by atoms with van der Waals surface area (Å²) in [5, 5.41) is 8.42. The molecular weight excluding hydrogens is 184 g/mol. The minimum Gasteiger partial charge on any atom is -0.481 e. The van der Waals surface area contributed by atoms with Gasteiger partial charge < -0.3 is 15.7 Å². The fourth-order valence-corrected chi connectivity index (χ4v) is 1.09. The van der Waals surface area contributed by atoms with Crippen molar-refractivity contribution in [2.24, 2.45) is 5.73 Å². The van der Waals surface area contributed by atoms with Crippen molar-refractivity contribution in [2.75, 3.05) is 13.6 Å². The number of aliphatic carboxylic acids is 1. The highest BCUT2D eigenvalue weighted by Crippen LogP contribution is 1.99. The molecule has 5 nitrogen and oxygen atoms in total. The molecule has 0 aliphatic carbocycles. The summed E-state index contributed by atoms with van der Waals surface area (Å²) in [5.41, 5.74) is 5.60. The van der Waals surface area contributed by atoms with Gasteiger partial charge in [0.05, 0.1) is 12.5 Å². The molecule has 0 aliphatic rings. The third-order valence-corrected chi connectivity index (χ3v) is 1.95. The van der Waals surface area contributed by atoms with Gasteiger partial charge in [0.2, 0.25) is 5.91 Å². The maximum atomic E-state index is 11.5. The Morgan fingerprint density at radius 2 is 2.07 bits per heavy atom. The lowest BCUT2D eigenvalue weighted by molar-refractivity contribution is -0.138. The molecule has 0 aromatic carbocycles. The topological polar surface area (TPSA) is 83.6 Å². The van der Waals surface area contributed by atoms with Crippen molar-refractivity contribution in [3.8, 4) is 0 Å². The highest BCUT2D eigenvalue weighted by Gasteiger charge is 2.17. The summed E-state index contributed by atoms with van der Waals surface area (Å²) in [6.07, 6.45) is 1.44. The Hall–Kier alpha value is -1.10. The molecular formula is C9H18N2O3. The normalized spacial score (nSPS) is 12.2. The van der Waals surface area contributed by atoms with E-state index in [0.717, 1.165) is 6.42 Å². The first kappa shape index (κ1) is 12.9. The molecule has 0 aromatic heterocycles. The van der Waals surface area contributed by atoms with E-state index in [1.54, 1.807) is 7.05 Å². The van der Waals surface area contributed by atoms with Crippen LogP contribution in [0.15, 0.2) is 0 Å². The smallest absolute Gasteiger partial charge is 0.305 e. The molecule has 0 radical (unpaired) electrons. The second-order valence-electron chi connectivity index (χ2n) is 3.30. The third kappa shape index (κ3) is 4.81. The van der Waals surface area contributed by atoms with Gasteiger partial charge in [0.25, 0.3) is 0 Å². The molecule has 0 saturated heterocycles. The van der Waals surface area contributed by atoms with E-state index >= 15 is 0 Å². The summed E-state index contributed by atoms with van der Waals surface area (Å²) < 4.78 is 0. The zero-order valence-corrected chi connectivity index (χ0v) is 8.69. The Bertz CT molecular complexity index is 206. The number of nitrogens with two attached hydrogens (primary N) is 1. The van der Waals surface area contributed by atoms with E-state index in [4.69, 9.17) is 10.8 Å². The van der Waals surface area contributed by atoms with Crippen LogP contribution in [-0.2, 0) is 9.59 Å². The summed E-state index contributed by atoms with van der Waals surface area (Å²) >= 11 is 0. The van der Waals surface area contributed by atoms with Crippen molar-refractivity contribution in [1.29, 1.82) is 0 Å². The quantitative estimate of drug-likeness (QED) is 0.637. The van der Waals surface area contributed by atoms with Gasteiger partial charge in [-0.05, 0) is 6.42 Å². The van der Waals surface area contributed by atoms with Crippen LogP contribution in [0.1, 0.15) is 26.2 Å². The Balaban J connectivity index is 3.91. The first-order valence-electron chi connectivity index (χ1n) is 4.71. The second-order valence-corrected chi connectivity index (χ2v) is 3.30. The monoisotopic (exact) mass is 202 g/mol. The zero-order valence-electron chi connectivity index (χ0n) is 8.69. The number of amides is 1. The lowest BCUT2D eigenvalue weighted by Gasteiger charge is -2.20. The van der Waals surface area contributed by atoms with Crippen molar-refractivity contribution < 1.29 is 14.7 Å². The van der Waals surface area contributed by atoms with Crippen LogP contribution in [0.3, 0.4) is 0 Å². The first-order chi connectivity index (χ1) is 6.49. The molecule has 0 unspecified atom stereocenters. The Kier molecular flexibility index (Phi) is 5.87. The molecule has 1 amide bonds. The van der Waals surface area contributed by atoms with E-state index in [1.807, 2.05) is 6.92 Å². The summed E-state index contributed by atoms with van der Waals surface area (Å²) in [5.74, 6) is -1.10. The van der Waals surface area contributed by atoms with Gasteiger partial charge in [-0.15, -0.1) is 0 Å². The van der Waals surface area contributed by atoms with Gasteiger partial charge in [0.1, 0.15) is 0 Å². The predicted molar refractivity (Wildman–Crippen MR) is 52.8 cm³/mol. The average Bonchev–Trinajstić information content (AvgIpc) is 2.13. The van der Waals surface area contributed by atoms with Crippen LogP contribution < -0.4 is 5.73 Å². The number of carboxylic acids is 1. The summed E-state index contributed by atoms with van der Waals surface area (Å²) in [4.78, 5) is 23.1. The van der Waals surface area contributed by atoms with Gasteiger partial charge in [-0.1, -0.05) is 13.3 Å². The van der Waals surface area contributed by atoms with Crippen LogP contribution in [0.4, 0.5) is 0 Å². The lowest BCUT2D eigenvalue weighted by atomic mass is 10.1. The summed E-state index contributed by atoms with van der Waals surface area (Å²) in [6, 6.07) is -0.501. The number of carbonyl (C=O) groups is 2. The van der Waals surface area contributed by atoms with E-state index in [0.29, 0.717) is 6.42 Å². The molecule has 82 valence electrons. The molecule has 0 aromatic rings. The Morgan fingerprint density at radius 1 is 1.50 bits per heavy atom. The molecule has 0 spiro atoms. The molecule has 0 aliphatic heterocycles. The van der Waals surface area contributed by atoms with Gasteiger partial charge in [0.15, 0.2) is 0 Å². The van der Waals surface area contributed by atoms with Crippen molar-refractivity contribution in [2.45, 2.75) is 32.2 Å². The number of likely N-dealkylation sites (N-methyl/N-ethyl adjacent to an activating group) is 1. The minimum absolute atomic E-state index is 0.0406. The van der Waals surface area contributed by atoms with Crippen LogP contribution >= 0.6 is 0 Å². The largest absolute Gasteiger partial charge is 0.481 e. The number of hydrogen-bond acceptors (Lipinski definition) is 3.